The first-order valence-electron chi connectivity index (χ1n) is 6.09. The van der Waals surface area contributed by atoms with E-state index in [1.54, 1.807) is 14.2 Å². The van der Waals surface area contributed by atoms with E-state index in [1.807, 2.05) is 16.9 Å². The number of aromatic nitrogens is 2. The van der Waals surface area contributed by atoms with Crippen LogP contribution in [0.5, 0.6) is 0 Å². The van der Waals surface area contributed by atoms with Crippen molar-refractivity contribution in [3.05, 3.63) is 18.0 Å². The third-order valence-electron chi connectivity index (χ3n) is 2.66. The van der Waals surface area contributed by atoms with Crippen LogP contribution in [-0.4, -0.2) is 36.8 Å². The van der Waals surface area contributed by atoms with Gasteiger partial charge in [-0.05, 0) is 19.0 Å². The number of hydrogen-bond acceptors (Lipinski definition) is 4. The molecule has 1 aromatic heterocycles. The minimum atomic E-state index is -0.303. The van der Waals surface area contributed by atoms with Crippen LogP contribution in [0, 0.1) is 0 Å². The van der Waals surface area contributed by atoms with E-state index >= 15 is 0 Å². The topological polar surface area (TPSA) is 48.3 Å². The highest BCUT2D eigenvalue weighted by Gasteiger charge is 2.24. The van der Waals surface area contributed by atoms with Crippen LogP contribution < -0.4 is 5.32 Å². The molecule has 1 N–H and O–H groups in total. The fourth-order valence-corrected chi connectivity index (χ4v) is 1.93. The average molecular weight is 241 g/mol. The Balaban J connectivity index is 2.91. The summed E-state index contributed by atoms with van der Waals surface area (Å²) in [4.78, 5) is 0. The monoisotopic (exact) mass is 241 g/mol. The molecule has 1 atom stereocenters. The summed E-state index contributed by atoms with van der Waals surface area (Å²) in [7, 11) is 3.30. The van der Waals surface area contributed by atoms with E-state index in [0.29, 0.717) is 0 Å². The Morgan fingerprint density at radius 2 is 2.06 bits per heavy atom. The SMILES string of the molecule is CCCn1nccc1C(NCC)C(OC)OC. The van der Waals surface area contributed by atoms with Gasteiger partial charge in [-0.2, -0.15) is 5.10 Å². The molecule has 0 radical (unpaired) electrons. The molecule has 0 spiro atoms. The molecule has 1 unspecified atom stereocenters. The molecular weight excluding hydrogens is 218 g/mol. The van der Waals surface area contributed by atoms with Crippen LogP contribution in [0.4, 0.5) is 0 Å². The van der Waals surface area contributed by atoms with Crippen molar-refractivity contribution in [2.45, 2.75) is 39.1 Å². The standard InChI is InChI=1S/C12H23N3O2/c1-5-9-15-10(7-8-14-15)11(13-6-2)12(16-3)17-4/h7-8,11-13H,5-6,9H2,1-4H3. The molecule has 0 saturated heterocycles. The third kappa shape index (κ3) is 3.52. The van der Waals surface area contributed by atoms with Crippen LogP contribution in [0.15, 0.2) is 12.3 Å². The molecule has 98 valence electrons. The molecule has 0 aliphatic rings. The number of likely N-dealkylation sites (N-methyl/N-ethyl adjacent to an activating group) is 1. The molecule has 5 nitrogen and oxygen atoms in total. The first-order valence-corrected chi connectivity index (χ1v) is 6.09. The van der Waals surface area contributed by atoms with Gasteiger partial charge in [0.25, 0.3) is 0 Å². The van der Waals surface area contributed by atoms with Gasteiger partial charge in [-0.1, -0.05) is 13.8 Å². The molecule has 0 fully saturated rings. The lowest BCUT2D eigenvalue weighted by Gasteiger charge is -2.26. The van der Waals surface area contributed by atoms with Crippen molar-refractivity contribution in [3.63, 3.8) is 0 Å². The minimum absolute atomic E-state index is 0.00375. The first-order chi connectivity index (χ1) is 8.28. The van der Waals surface area contributed by atoms with Crippen molar-refractivity contribution in [1.82, 2.24) is 15.1 Å². The van der Waals surface area contributed by atoms with Crippen molar-refractivity contribution in [3.8, 4) is 0 Å². The minimum Gasteiger partial charge on any atom is -0.354 e. The lowest BCUT2D eigenvalue weighted by Crippen LogP contribution is -2.36. The summed E-state index contributed by atoms with van der Waals surface area (Å²) in [6.45, 7) is 5.96. The quantitative estimate of drug-likeness (QED) is 0.702. The number of hydrogen-bond donors (Lipinski definition) is 1. The van der Waals surface area contributed by atoms with Crippen molar-refractivity contribution in [1.29, 1.82) is 0 Å². The Bertz CT molecular complexity index is 310. The van der Waals surface area contributed by atoms with Crippen LogP contribution in [0.25, 0.3) is 0 Å². The van der Waals surface area contributed by atoms with Gasteiger partial charge in [0.05, 0.1) is 5.69 Å². The molecule has 1 heterocycles. The van der Waals surface area contributed by atoms with Crippen molar-refractivity contribution >= 4 is 0 Å². The van der Waals surface area contributed by atoms with Crippen LogP contribution >= 0.6 is 0 Å². The van der Waals surface area contributed by atoms with E-state index < -0.39 is 0 Å². The van der Waals surface area contributed by atoms with Gasteiger partial charge >= 0.3 is 0 Å². The Kier molecular flexibility index (Phi) is 6.18. The van der Waals surface area contributed by atoms with E-state index in [2.05, 4.69) is 24.3 Å². The van der Waals surface area contributed by atoms with Crippen molar-refractivity contribution < 1.29 is 9.47 Å². The Labute approximate surface area is 103 Å². The molecule has 5 heteroatoms. The third-order valence-corrected chi connectivity index (χ3v) is 2.66. The number of aryl methyl sites for hydroxylation is 1. The van der Waals surface area contributed by atoms with Crippen molar-refractivity contribution in [2.24, 2.45) is 0 Å². The summed E-state index contributed by atoms with van der Waals surface area (Å²) in [5.74, 6) is 0. The van der Waals surface area contributed by atoms with E-state index in [9.17, 15) is 0 Å². The maximum absolute atomic E-state index is 5.35. The maximum atomic E-state index is 5.35. The fourth-order valence-electron chi connectivity index (χ4n) is 1.93. The number of nitrogens with zero attached hydrogens (tertiary/aromatic N) is 2. The summed E-state index contributed by atoms with van der Waals surface area (Å²) >= 11 is 0. The average Bonchev–Trinajstić information content (AvgIpc) is 2.78. The molecule has 1 aromatic rings. The fraction of sp³-hybridized carbons (Fsp3) is 0.750. The lowest BCUT2D eigenvalue weighted by atomic mass is 10.2. The normalized spacial score (nSPS) is 13.2. The Hall–Kier alpha value is -0.910. The van der Waals surface area contributed by atoms with Gasteiger partial charge in [0.15, 0.2) is 6.29 Å². The highest BCUT2D eigenvalue weighted by molar-refractivity contribution is 5.08. The zero-order valence-electron chi connectivity index (χ0n) is 11.1. The highest BCUT2D eigenvalue weighted by Crippen LogP contribution is 2.19. The molecule has 0 aliphatic carbocycles. The summed E-state index contributed by atoms with van der Waals surface area (Å²) < 4.78 is 12.7. The molecule has 1 rings (SSSR count). The van der Waals surface area contributed by atoms with Crippen molar-refractivity contribution in [2.75, 3.05) is 20.8 Å². The molecule has 0 aromatic carbocycles. The zero-order chi connectivity index (χ0) is 12.7. The highest BCUT2D eigenvalue weighted by atomic mass is 16.7. The molecule has 0 saturated carbocycles. The zero-order valence-corrected chi connectivity index (χ0v) is 11.1. The van der Waals surface area contributed by atoms with Crippen LogP contribution in [-0.2, 0) is 16.0 Å². The number of ether oxygens (including phenoxy) is 2. The maximum Gasteiger partial charge on any atom is 0.177 e. The van der Waals surface area contributed by atoms with Gasteiger partial charge in [-0.25, -0.2) is 0 Å². The Morgan fingerprint density at radius 3 is 2.59 bits per heavy atom. The van der Waals surface area contributed by atoms with E-state index in [-0.39, 0.29) is 12.3 Å². The summed E-state index contributed by atoms with van der Waals surface area (Å²) in [6.07, 6.45) is 2.57. The number of nitrogens with one attached hydrogen (secondary N) is 1. The predicted molar refractivity (Wildman–Crippen MR) is 66.7 cm³/mol. The van der Waals surface area contributed by atoms with Crippen LogP contribution in [0.2, 0.25) is 0 Å². The Morgan fingerprint density at radius 1 is 1.35 bits per heavy atom. The number of rotatable bonds is 8. The van der Waals surface area contributed by atoms with E-state index in [4.69, 9.17) is 9.47 Å². The molecule has 0 bridgehead atoms. The first kappa shape index (κ1) is 14.2. The molecule has 0 aliphatic heterocycles. The van der Waals surface area contributed by atoms with Gasteiger partial charge in [0.2, 0.25) is 0 Å². The number of methoxy groups -OCH3 is 2. The van der Waals surface area contributed by atoms with Gasteiger partial charge < -0.3 is 14.8 Å². The smallest absolute Gasteiger partial charge is 0.177 e. The summed E-state index contributed by atoms with van der Waals surface area (Å²) in [5.41, 5.74) is 1.10. The second-order valence-corrected chi connectivity index (χ2v) is 3.85. The summed E-state index contributed by atoms with van der Waals surface area (Å²) in [5, 5.41) is 7.70. The largest absolute Gasteiger partial charge is 0.354 e. The molecular formula is C12H23N3O2. The van der Waals surface area contributed by atoms with Crippen LogP contribution in [0.3, 0.4) is 0 Å². The van der Waals surface area contributed by atoms with Gasteiger partial charge in [0.1, 0.15) is 6.04 Å². The van der Waals surface area contributed by atoms with E-state index in [0.717, 1.165) is 25.2 Å². The molecule has 0 amide bonds. The van der Waals surface area contributed by atoms with Gasteiger partial charge in [-0.15, -0.1) is 0 Å². The van der Waals surface area contributed by atoms with Gasteiger partial charge in [-0.3, -0.25) is 4.68 Å². The summed E-state index contributed by atoms with van der Waals surface area (Å²) in [6, 6.07) is 2.01. The van der Waals surface area contributed by atoms with Gasteiger partial charge in [0, 0.05) is 27.0 Å². The van der Waals surface area contributed by atoms with E-state index in [1.165, 1.54) is 0 Å². The lowest BCUT2D eigenvalue weighted by molar-refractivity contribution is -0.125. The second kappa shape index (κ2) is 7.42. The van der Waals surface area contributed by atoms with Crippen LogP contribution in [0.1, 0.15) is 32.0 Å². The predicted octanol–water partition coefficient (Wildman–Crippen LogP) is 1.56. The molecule has 17 heavy (non-hydrogen) atoms. The second-order valence-electron chi connectivity index (χ2n) is 3.85.